The van der Waals surface area contributed by atoms with E-state index >= 15 is 0 Å². The van der Waals surface area contributed by atoms with Crippen LogP contribution in [0.2, 0.25) is 5.02 Å². The lowest BCUT2D eigenvalue weighted by Crippen LogP contribution is -2.40. The molecule has 3 heteroatoms. The van der Waals surface area contributed by atoms with Gasteiger partial charge in [-0.25, -0.2) is 0 Å². The third-order valence-corrected chi connectivity index (χ3v) is 3.16. The monoisotopic (exact) mass is 239 g/mol. The summed E-state index contributed by atoms with van der Waals surface area (Å²) in [6.45, 7) is 5.11. The molecule has 0 radical (unpaired) electrons. The molecular formula is C13H18ClNO. The summed E-state index contributed by atoms with van der Waals surface area (Å²) in [7, 11) is 0. The number of rotatable bonds is 2. The summed E-state index contributed by atoms with van der Waals surface area (Å²) in [5.41, 5.74) is 1.12. The van der Waals surface area contributed by atoms with Gasteiger partial charge in [0, 0.05) is 23.4 Å². The van der Waals surface area contributed by atoms with Crippen molar-refractivity contribution >= 4 is 17.3 Å². The highest BCUT2D eigenvalue weighted by Crippen LogP contribution is 2.26. The van der Waals surface area contributed by atoms with Crippen LogP contribution in [0.5, 0.6) is 0 Å². The third-order valence-electron chi connectivity index (χ3n) is 2.91. The zero-order chi connectivity index (χ0) is 11.6. The van der Waals surface area contributed by atoms with Crippen molar-refractivity contribution in [3.8, 4) is 0 Å². The maximum absolute atomic E-state index is 5.85. The fraction of sp³-hybridized carbons (Fsp3) is 0.538. The second-order valence-electron chi connectivity index (χ2n) is 4.95. The molecule has 2 rings (SSSR count). The van der Waals surface area contributed by atoms with Crippen LogP contribution in [0.4, 0.5) is 5.69 Å². The minimum absolute atomic E-state index is 0.0116. The van der Waals surface area contributed by atoms with E-state index in [-0.39, 0.29) is 5.60 Å². The summed E-state index contributed by atoms with van der Waals surface area (Å²) < 4.78 is 5.69. The highest BCUT2D eigenvalue weighted by molar-refractivity contribution is 6.30. The Labute approximate surface area is 102 Å². The normalized spacial score (nSPS) is 24.1. The Morgan fingerprint density at radius 3 is 2.62 bits per heavy atom. The molecule has 1 saturated heterocycles. The number of hydrogen-bond acceptors (Lipinski definition) is 2. The minimum atomic E-state index is -0.0116. The van der Waals surface area contributed by atoms with Gasteiger partial charge in [-0.15, -0.1) is 0 Å². The van der Waals surface area contributed by atoms with Crippen LogP contribution in [0.25, 0.3) is 0 Å². The second kappa shape index (κ2) is 4.64. The molecule has 0 aliphatic carbocycles. The molecule has 1 aliphatic heterocycles. The zero-order valence-corrected chi connectivity index (χ0v) is 10.6. The molecule has 1 fully saturated rings. The Kier molecular flexibility index (Phi) is 3.41. The van der Waals surface area contributed by atoms with Crippen LogP contribution >= 0.6 is 11.6 Å². The fourth-order valence-corrected chi connectivity index (χ4v) is 2.26. The molecule has 1 aromatic rings. The van der Waals surface area contributed by atoms with Gasteiger partial charge >= 0.3 is 0 Å². The molecule has 0 aromatic heterocycles. The van der Waals surface area contributed by atoms with Crippen molar-refractivity contribution in [2.45, 2.75) is 38.3 Å². The molecule has 1 aromatic carbocycles. The molecule has 88 valence electrons. The highest BCUT2D eigenvalue weighted by atomic mass is 35.5. The van der Waals surface area contributed by atoms with Gasteiger partial charge in [0.15, 0.2) is 0 Å². The predicted octanol–water partition coefficient (Wildman–Crippen LogP) is 3.71. The van der Waals surface area contributed by atoms with Crippen molar-refractivity contribution in [2.75, 3.05) is 11.9 Å². The molecule has 0 unspecified atom stereocenters. The maximum Gasteiger partial charge on any atom is 0.0646 e. The zero-order valence-electron chi connectivity index (χ0n) is 9.79. The molecule has 0 spiro atoms. The van der Waals surface area contributed by atoms with E-state index in [1.54, 1.807) is 0 Å². The first-order valence-electron chi connectivity index (χ1n) is 5.71. The van der Waals surface area contributed by atoms with Crippen molar-refractivity contribution < 1.29 is 4.74 Å². The quantitative estimate of drug-likeness (QED) is 0.850. The van der Waals surface area contributed by atoms with Crippen molar-refractivity contribution in [1.82, 2.24) is 0 Å². The predicted molar refractivity (Wildman–Crippen MR) is 68.1 cm³/mol. The minimum Gasteiger partial charge on any atom is -0.382 e. The van der Waals surface area contributed by atoms with E-state index in [0.29, 0.717) is 6.04 Å². The largest absolute Gasteiger partial charge is 0.382 e. The molecule has 1 heterocycles. The van der Waals surface area contributed by atoms with Crippen molar-refractivity contribution in [2.24, 2.45) is 0 Å². The van der Waals surface area contributed by atoms with Gasteiger partial charge in [0.1, 0.15) is 0 Å². The van der Waals surface area contributed by atoms with Gasteiger partial charge in [-0.2, -0.15) is 0 Å². The number of hydrogen-bond donors (Lipinski definition) is 1. The van der Waals surface area contributed by atoms with Gasteiger partial charge < -0.3 is 10.1 Å². The second-order valence-corrected chi connectivity index (χ2v) is 5.39. The average molecular weight is 240 g/mol. The number of anilines is 1. The van der Waals surface area contributed by atoms with E-state index in [0.717, 1.165) is 30.2 Å². The van der Waals surface area contributed by atoms with Gasteiger partial charge in [-0.05, 0) is 51.0 Å². The molecule has 0 saturated carbocycles. The van der Waals surface area contributed by atoms with Crippen LogP contribution in [-0.4, -0.2) is 18.2 Å². The number of ether oxygens (including phenoxy) is 1. The van der Waals surface area contributed by atoms with Crippen LogP contribution in [-0.2, 0) is 4.74 Å². The highest BCUT2D eigenvalue weighted by Gasteiger charge is 2.28. The van der Waals surface area contributed by atoms with E-state index < -0.39 is 0 Å². The van der Waals surface area contributed by atoms with E-state index in [2.05, 4.69) is 19.2 Å². The van der Waals surface area contributed by atoms with E-state index in [1.807, 2.05) is 24.3 Å². The maximum atomic E-state index is 5.85. The smallest absolute Gasteiger partial charge is 0.0646 e. The van der Waals surface area contributed by atoms with Gasteiger partial charge in [0.05, 0.1) is 5.60 Å². The molecule has 0 amide bonds. The number of benzene rings is 1. The van der Waals surface area contributed by atoms with E-state index in [4.69, 9.17) is 16.3 Å². The average Bonchev–Trinajstić information content (AvgIpc) is 2.20. The van der Waals surface area contributed by atoms with Gasteiger partial charge in [0.2, 0.25) is 0 Å². The van der Waals surface area contributed by atoms with Crippen LogP contribution in [0.15, 0.2) is 24.3 Å². The topological polar surface area (TPSA) is 21.3 Å². The summed E-state index contributed by atoms with van der Waals surface area (Å²) in [4.78, 5) is 0. The van der Waals surface area contributed by atoms with Crippen LogP contribution in [0.1, 0.15) is 26.7 Å². The molecular weight excluding hydrogens is 222 g/mol. The Hall–Kier alpha value is -0.730. The first-order valence-corrected chi connectivity index (χ1v) is 6.09. The number of nitrogens with one attached hydrogen (secondary N) is 1. The summed E-state index contributed by atoms with van der Waals surface area (Å²) in [6, 6.07) is 8.35. The molecule has 0 bridgehead atoms. The number of halogens is 1. The first kappa shape index (κ1) is 11.7. The molecule has 16 heavy (non-hydrogen) atoms. The van der Waals surface area contributed by atoms with Crippen LogP contribution < -0.4 is 5.32 Å². The Morgan fingerprint density at radius 2 is 2.00 bits per heavy atom. The Morgan fingerprint density at radius 1 is 1.31 bits per heavy atom. The van der Waals surface area contributed by atoms with E-state index in [9.17, 15) is 0 Å². The van der Waals surface area contributed by atoms with Gasteiger partial charge in [-0.3, -0.25) is 0 Å². The van der Waals surface area contributed by atoms with Crippen LogP contribution in [0.3, 0.4) is 0 Å². The molecule has 1 aliphatic rings. The van der Waals surface area contributed by atoms with Crippen molar-refractivity contribution in [1.29, 1.82) is 0 Å². The Balaban J connectivity index is 1.97. The summed E-state index contributed by atoms with van der Waals surface area (Å²) >= 11 is 5.85. The summed E-state index contributed by atoms with van der Waals surface area (Å²) in [5.74, 6) is 0. The van der Waals surface area contributed by atoms with Gasteiger partial charge in [-0.1, -0.05) is 11.6 Å². The van der Waals surface area contributed by atoms with E-state index in [1.165, 1.54) is 0 Å². The standard InChI is InChI=1S/C13H18ClNO/c1-13(2)9-12(7-8-16-13)15-11-5-3-10(14)4-6-11/h3-6,12,15H,7-9H2,1-2H3/t12-/m1/s1. The van der Waals surface area contributed by atoms with Crippen molar-refractivity contribution in [3.63, 3.8) is 0 Å². The lowest BCUT2D eigenvalue weighted by Gasteiger charge is -2.36. The third kappa shape index (κ3) is 3.13. The van der Waals surface area contributed by atoms with Crippen molar-refractivity contribution in [3.05, 3.63) is 29.3 Å². The summed E-state index contributed by atoms with van der Waals surface area (Å²) in [6.07, 6.45) is 2.10. The Bertz CT molecular complexity index is 347. The summed E-state index contributed by atoms with van der Waals surface area (Å²) in [5, 5.41) is 4.30. The fourth-order valence-electron chi connectivity index (χ4n) is 2.14. The lowest BCUT2D eigenvalue weighted by molar-refractivity contribution is -0.0553. The first-order chi connectivity index (χ1) is 7.55. The lowest BCUT2D eigenvalue weighted by atomic mass is 9.94. The molecule has 2 nitrogen and oxygen atoms in total. The molecule has 1 atom stereocenters. The van der Waals surface area contributed by atoms with Gasteiger partial charge in [0.25, 0.3) is 0 Å². The van der Waals surface area contributed by atoms with Crippen LogP contribution in [0, 0.1) is 0 Å². The molecule has 1 N–H and O–H groups in total. The SMILES string of the molecule is CC1(C)C[C@H](Nc2ccc(Cl)cc2)CCO1.